The fraction of sp³-hybridized carbons (Fsp3) is 0.368. The van der Waals surface area contributed by atoms with E-state index < -0.39 is 21.1 Å². The molecule has 1 unspecified atom stereocenters. The number of para-hydroxylation sites is 1. The molecule has 2 aliphatic rings. The molecule has 0 saturated carbocycles. The summed E-state index contributed by atoms with van der Waals surface area (Å²) in [5, 5.41) is -0.492. The predicted octanol–water partition coefficient (Wildman–Crippen LogP) is 4.32. The van der Waals surface area contributed by atoms with Crippen molar-refractivity contribution in [2.24, 2.45) is 0 Å². The molecule has 1 atom stereocenters. The van der Waals surface area contributed by atoms with Crippen molar-refractivity contribution in [3.05, 3.63) is 47.4 Å². The number of ether oxygens (including phenoxy) is 2. The zero-order valence-electron chi connectivity index (χ0n) is 15.4. The van der Waals surface area contributed by atoms with Gasteiger partial charge in [-0.1, -0.05) is 65.7 Å². The Labute approximate surface area is 188 Å². The molecule has 6 nitrogen and oxygen atoms in total. The Morgan fingerprint density at radius 1 is 1.24 bits per heavy atom. The molecule has 0 bridgehead atoms. The van der Waals surface area contributed by atoms with Gasteiger partial charge in [-0.15, -0.1) is 0 Å². The molecular weight excluding hydrogens is 459 g/mol. The summed E-state index contributed by atoms with van der Waals surface area (Å²) < 4.78 is 9.07. The Kier molecular flexibility index (Phi) is 7.53. The van der Waals surface area contributed by atoms with Gasteiger partial charge in [0, 0.05) is 18.7 Å². The standard InChI is InChI=1S/C19H19Cl3N2O4S/c1-2-9-28-14-6-4-3-5-13(14)12-15-16(25)24(18(26)29-15)17(19(20,21)22)23-7-10-27-11-8-23/h2-6,12,17H,1,7-11H2/b15-12-. The van der Waals surface area contributed by atoms with E-state index in [1.807, 2.05) is 12.1 Å². The van der Waals surface area contributed by atoms with Crippen LogP contribution in [0, 0.1) is 0 Å². The van der Waals surface area contributed by atoms with Crippen LogP contribution in [0.3, 0.4) is 0 Å². The third kappa shape index (κ3) is 5.29. The first-order valence-electron chi connectivity index (χ1n) is 8.81. The quantitative estimate of drug-likeness (QED) is 0.346. The van der Waals surface area contributed by atoms with E-state index >= 15 is 0 Å². The van der Waals surface area contributed by atoms with Gasteiger partial charge in [0.15, 0.2) is 0 Å². The molecule has 2 amide bonds. The van der Waals surface area contributed by atoms with Crippen LogP contribution in [-0.4, -0.2) is 63.8 Å². The summed E-state index contributed by atoms with van der Waals surface area (Å²) >= 11 is 19.3. The molecule has 0 aliphatic carbocycles. The minimum atomic E-state index is -1.87. The van der Waals surface area contributed by atoms with Crippen LogP contribution in [0.4, 0.5) is 4.79 Å². The van der Waals surface area contributed by atoms with Crippen LogP contribution in [0.25, 0.3) is 6.08 Å². The summed E-state index contributed by atoms with van der Waals surface area (Å²) in [6, 6.07) is 7.20. The van der Waals surface area contributed by atoms with Crippen LogP contribution in [0.15, 0.2) is 41.8 Å². The Morgan fingerprint density at radius 3 is 2.59 bits per heavy atom. The lowest BCUT2D eigenvalue weighted by Gasteiger charge is -2.41. The van der Waals surface area contributed by atoms with Gasteiger partial charge < -0.3 is 9.47 Å². The Bertz CT molecular complexity index is 822. The minimum Gasteiger partial charge on any atom is -0.489 e. The van der Waals surface area contributed by atoms with Crippen LogP contribution in [0.1, 0.15) is 5.56 Å². The molecule has 0 aromatic heterocycles. The summed E-state index contributed by atoms with van der Waals surface area (Å²) in [5.41, 5.74) is 0.664. The number of alkyl halides is 3. The van der Waals surface area contributed by atoms with Crippen molar-refractivity contribution in [2.75, 3.05) is 32.9 Å². The fourth-order valence-electron chi connectivity index (χ4n) is 3.05. The van der Waals surface area contributed by atoms with E-state index in [2.05, 4.69) is 6.58 Å². The molecule has 1 aromatic rings. The number of morpholine rings is 1. The molecule has 0 spiro atoms. The minimum absolute atomic E-state index is 0.233. The number of nitrogens with zero attached hydrogens (tertiary/aromatic N) is 2. The van der Waals surface area contributed by atoms with Crippen LogP contribution >= 0.6 is 46.6 Å². The van der Waals surface area contributed by atoms with Crippen molar-refractivity contribution < 1.29 is 19.1 Å². The predicted molar refractivity (Wildman–Crippen MR) is 116 cm³/mol. The number of carbonyl (C=O) groups is 2. The van der Waals surface area contributed by atoms with Crippen LogP contribution in [-0.2, 0) is 9.53 Å². The van der Waals surface area contributed by atoms with Crippen molar-refractivity contribution in [3.8, 4) is 5.75 Å². The molecule has 10 heteroatoms. The monoisotopic (exact) mass is 476 g/mol. The second-order valence-corrected chi connectivity index (χ2v) is 9.61. The highest BCUT2D eigenvalue weighted by Crippen LogP contribution is 2.42. The highest BCUT2D eigenvalue weighted by molar-refractivity contribution is 8.18. The van der Waals surface area contributed by atoms with Gasteiger partial charge in [-0.25, -0.2) is 4.90 Å². The van der Waals surface area contributed by atoms with Crippen molar-refractivity contribution in [2.45, 2.75) is 9.96 Å². The van der Waals surface area contributed by atoms with Gasteiger partial charge in [0.1, 0.15) is 18.5 Å². The van der Waals surface area contributed by atoms with Crippen molar-refractivity contribution in [1.82, 2.24) is 9.80 Å². The lowest BCUT2D eigenvalue weighted by Crippen LogP contribution is -2.59. The molecule has 0 radical (unpaired) electrons. The first-order valence-corrected chi connectivity index (χ1v) is 10.8. The maximum Gasteiger partial charge on any atom is 0.295 e. The van der Waals surface area contributed by atoms with E-state index in [1.165, 1.54) is 0 Å². The number of carbonyl (C=O) groups excluding carboxylic acids is 2. The fourth-order valence-corrected chi connectivity index (χ4v) is 4.60. The summed E-state index contributed by atoms with van der Waals surface area (Å²) in [6.45, 7) is 5.68. The third-order valence-electron chi connectivity index (χ3n) is 4.31. The molecule has 3 rings (SSSR count). The number of hydrogen-bond donors (Lipinski definition) is 0. The Hall–Kier alpha value is -1.22. The van der Waals surface area contributed by atoms with Crippen molar-refractivity contribution >= 4 is 63.8 Å². The molecule has 2 heterocycles. The van der Waals surface area contributed by atoms with E-state index in [0.29, 0.717) is 44.2 Å². The topological polar surface area (TPSA) is 59.1 Å². The lowest BCUT2D eigenvalue weighted by atomic mass is 10.2. The van der Waals surface area contributed by atoms with Crippen molar-refractivity contribution in [3.63, 3.8) is 0 Å². The van der Waals surface area contributed by atoms with Gasteiger partial charge in [-0.3, -0.25) is 14.5 Å². The SMILES string of the molecule is C=CCOc1ccccc1/C=C1\SC(=O)N(C(N2CCOCC2)C(Cl)(Cl)Cl)C1=O. The highest BCUT2D eigenvalue weighted by Gasteiger charge is 2.50. The van der Waals surface area contributed by atoms with Gasteiger partial charge in [-0.2, -0.15) is 0 Å². The van der Waals surface area contributed by atoms with Crippen molar-refractivity contribution in [1.29, 1.82) is 0 Å². The third-order valence-corrected chi connectivity index (χ3v) is 5.78. The average Bonchev–Trinajstić information content (AvgIpc) is 2.95. The van der Waals surface area contributed by atoms with E-state index in [0.717, 1.165) is 16.7 Å². The number of hydrogen-bond acceptors (Lipinski definition) is 6. The number of rotatable bonds is 6. The number of imide groups is 1. The van der Waals surface area contributed by atoms with Crippen LogP contribution in [0.2, 0.25) is 0 Å². The van der Waals surface area contributed by atoms with Gasteiger partial charge in [-0.05, 0) is 23.9 Å². The Morgan fingerprint density at radius 2 is 1.93 bits per heavy atom. The summed E-state index contributed by atoms with van der Waals surface area (Å²) in [7, 11) is 0. The maximum absolute atomic E-state index is 13.1. The molecule has 1 aromatic carbocycles. The number of halogens is 3. The van der Waals surface area contributed by atoms with E-state index in [-0.39, 0.29) is 4.91 Å². The molecular formula is C19H19Cl3N2O4S. The Balaban J connectivity index is 1.90. The number of benzene rings is 1. The van der Waals surface area contributed by atoms with Crippen LogP contribution in [0.5, 0.6) is 5.75 Å². The molecule has 0 N–H and O–H groups in total. The summed E-state index contributed by atoms with van der Waals surface area (Å²) in [6.07, 6.45) is 2.21. The molecule has 2 saturated heterocycles. The van der Waals surface area contributed by atoms with E-state index in [1.54, 1.807) is 29.2 Å². The number of amides is 2. The average molecular weight is 478 g/mol. The van der Waals surface area contributed by atoms with Crippen LogP contribution < -0.4 is 4.74 Å². The smallest absolute Gasteiger partial charge is 0.295 e. The normalized spacial score (nSPS) is 20.9. The molecule has 29 heavy (non-hydrogen) atoms. The summed E-state index contributed by atoms with van der Waals surface area (Å²) in [4.78, 5) is 28.8. The first kappa shape index (κ1) is 22.5. The van der Waals surface area contributed by atoms with Gasteiger partial charge >= 0.3 is 0 Å². The maximum atomic E-state index is 13.1. The van der Waals surface area contributed by atoms with Gasteiger partial charge in [0.05, 0.1) is 18.1 Å². The second kappa shape index (κ2) is 9.73. The second-order valence-electron chi connectivity index (χ2n) is 6.25. The highest BCUT2D eigenvalue weighted by atomic mass is 35.6. The largest absolute Gasteiger partial charge is 0.489 e. The summed E-state index contributed by atoms with van der Waals surface area (Å²) in [5.74, 6) is 0.0617. The van der Waals surface area contributed by atoms with Gasteiger partial charge in [0.2, 0.25) is 3.79 Å². The zero-order chi connectivity index (χ0) is 21.0. The molecule has 2 aliphatic heterocycles. The first-order chi connectivity index (χ1) is 13.8. The molecule has 156 valence electrons. The zero-order valence-corrected chi connectivity index (χ0v) is 18.4. The lowest BCUT2D eigenvalue weighted by molar-refractivity contribution is -0.128. The van der Waals surface area contributed by atoms with E-state index in [4.69, 9.17) is 44.3 Å². The number of thioether (sulfide) groups is 1. The van der Waals surface area contributed by atoms with E-state index in [9.17, 15) is 9.59 Å². The van der Waals surface area contributed by atoms with Gasteiger partial charge in [0.25, 0.3) is 11.1 Å². The molecule has 2 fully saturated rings.